The Kier molecular flexibility index (Phi) is 4.92. The summed E-state index contributed by atoms with van der Waals surface area (Å²) in [6, 6.07) is 4.37. The Balaban J connectivity index is 2.88. The molecule has 0 unspecified atom stereocenters. The summed E-state index contributed by atoms with van der Waals surface area (Å²) >= 11 is 0. The van der Waals surface area contributed by atoms with Crippen molar-refractivity contribution in [1.29, 1.82) is 0 Å². The van der Waals surface area contributed by atoms with Crippen LogP contribution in [-0.4, -0.2) is 16.7 Å². The van der Waals surface area contributed by atoms with E-state index in [-0.39, 0.29) is 23.1 Å². The predicted molar refractivity (Wildman–Crippen MR) is 77.1 cm³/mol. The third-order valence-electron chi connectivity index (χ3n) is 2.74. The fraction of sp³-hybridized carbons (Fsp3) is 0.429. The van der Waals surface area contributed by atoms with E-state index in [0.717, 1.165) is 5.71 Å². The van der Waals surface area contributed by atoms with Crippen LogP contribution in [0.15, 0.2) is 23.3 Å². The van der Waals surface area contributed by atoms with Gasteiger partial charge in [-0.15, -0.1) is 0 Å². The van der Waals surface area contributed by atoms with Gasteiger partial charge in [0.05, 0.1) is 5.56 Å². The second-order valence-electron chi connectivity index (χ2n) is 5.06. The zero-order valence-corrected chi connectivity index (χ0v) is 11.8. The van der Waals surface area contributed by atoms with Gasteiger partial charge >= 0.3 is 0 Å². The lowest BCUT2D eigenvalue weighted by atomic mass is 9.98. The van der Waals surface area contributed by atoms with Crippen LogP contribution in [0.5, 0.6) is 5.75 Å². The monoisotopic (exact) mass is 263 g/mol. The van der Waals surface area contributed by atoms with Crippen molar-refractivity contribution in [3.05, 3.63) is 23.8 Å². The summed E-state index contributed by atoms with van der Waals surface area (Å²) in [5, 5.41) is 13.8. The van der Waals surface area contributed by atoms with Gasteiger partial charge < -0.3 is 10.8 Å². The number of carbonyl (C=O) groups is 1. The first-order valence-corrected chi connectivity index (χ1v) is 6.29. The molecule has 0 heterocycles. The van der Waals surface area contributed by atoms with Crippen LogP contribution in [-0.2, 0) is 0 Å². The van der Waals surface area contributed by atoms with Gasteiger partial charge in [-0.25, -0.2) is 5.43 Å². The van der Waals surface area contributed by atoms with Crippen LogP contribution in [0.3, 0.4) is 0 Å². The Morgan fingerprint density at radius 3 is 2.32 bits per heavy atom. The molecule has 5 nitrogen and oxygen atoms in total. The first kappa shape index (κ1) is 15.0. The molecule has 0 saturated carbocycles. The fourth-order valence-corrected chi connectivity index (χ4v) is 1.84. The number of hydrogen-bond acceptors (Lipinski definition) is 4. The molecule has 0 radical (unpaired) electrons. The minimum atomic E-state index is -0.448. The molecule has 1 amide bonds. The SMILES string of the molecule is CC(C)C(=NNC(=O)c1ccc(N)cc1O)C(C)C. The highest BCUT2D eigenvalue weighted by Crippen LogP contribution is 2.19. The maximum atomic E-state index is 11.9. The van der Waals surface area contributed by atoms with Crippen molar-refractivity contribution in [3.63, 3.8) is 0 Å². The number of nitrogens with zero attached hydrogens (tertiary/aromatic N) is 1. The van der Waals surface area contributed by atoms with Crippen LogP contribution in [0.4, 0.5) is 5.69 Å². The quantitative estimate of drug-likeness (QED) is 0.442. The topological polar surface area (TPSA) is 87.7 Å². The molecule has 0 aliphatic carbocycles. The molecule has 1 aromatic rings. The number of anilines is 1. The van der Waals surface area contributed by atoms with Crippen molar-refractivity contribution in [3.8, 4) is 5.75 Å². The van der Waals surface area contributed by atoms with E-state index in [1.807, 2.05) is 27.7 Å². The number of carbonyl (C=O) groups excluding carboxylic acids is 1. The van der Waals surface area contributed by atoms with Gasteiger partial charge in [-0.2, -0.15) is 5.10 Å². The molecule has 5 heteroatoms. The average molecular weight is 263 g/mol. The van der Waals surface area contributed by atoms with E-state index in [9.17, 15) is 9.90 Å². The number of phenolic OH excluding ortho intramolecular Hbond substituents is 1. The fourth-order valence-electron chi connectivity index (χ4n) is 1.84. The number of nitrogens with two attached hydrogens (primary N) is 1. The van der Waals surface area contributed by atoms with Crippen molar-refractivity contribution in [2.45, 2.75) is 27.7 Å². The second-order valence-corrected chi connectivity index (χ2v) is 5.06. The second kappa shape index (κ2) is 6.22. The lowest BCUT2D eigenvalue weighted by molar-refractivity contribution is 0.0952. The molecule has 4 N–H and O–H groups in total. The normalized spacial score (nSPS) is 10.6. The highest BCUT2D eigenvalue weighted by Gasteiger charge is 2.13. The lowest BCUT2D eigenvalue weighted by Gasteiger charge is -2.13. The molecule has 0 saturated heterocycles. The molecular weight excluding hydrogens is 242 g/mol. The third kappa shape index (κ3) is 3.98. The van der Waals surface area contributed by atoms with Crippen molar-refractivity contribution in [1.82, 2.24) is 5.43 Å². The number of aromatic hydroxyl groups is 1. The van der Waals surface area contributed by atoms with Crippen molar-refractivity contribution >= 4 is 17.3 Å². The van der Waals surface area contributed by atoms with Crippen LogP contribution < -0.4 is 11.2 Å². The van der Waals surface area contributed by atoms with Gasteiger partial charge in [0.15, 0.2) is 0 Å². The molecule has 0 aliphatic heterocycles. The molecule has 104 valence electrons. The van der Waals surface area contributed by atoms with Crippen LogP contribution >= 0.6 is 0 Å². The first-order valence-electron chi connectivity index (χ1n) is 6.29. The molecule has 0 bridgehead atoms. The summed E-state index contributed by atoms with van der Waals surface area (Å²) in [6.07, 6.45) is 0. The Hall–Kier alpha value is -2.04. The zero-order valence-electron chi connectivity index (χ0n) is 11.8. The van der Waals surface area contributed by atoms with Gasteiger partial charge in [-0.1, -0.05) is 27.7 Å². The van der Waals surface area contributed by atoms with E-state index in [1.165, 1.54) is 12.1 Å². The predicted octanol–water partition coefficient (Wildman–Crippen LogP) is 2.37. The Labute approximate surface area is 113 Å². The summed E-state index contributed by atoms with van der Waals surface area (Å²) in [6.45, 7) is 8.08. The van der Waals surface area contributed by atoms with Crippen LogP contribution in [0.1, 0.15) is 38.1 Å². The Bertz CT molecular complexity index is 483. The number of hydrazone groups is 1. The van der Waals surface area contributed by atoms with Crippen LogP contribution in [0, 0.1) is 11.8 Å². The highest BCUT2D eigenvalue weighted by molar-refractivity contribution is 5.98. The molecular formula is C14H21N3O2. The van der Waals surface area contributed by atoms with Gasteiger partial charge in [0.25, 0.3) is 5.91 Å². The molecule has 0 aromatic heterocycles. The highest BCUT2D eigenvalue weighted by atomic mass is 16.3. The summed E-state index contributed by atoms with van der Waals surface area (Å²) in [4.78, 5) is 11.9. The van der Waals surface area contributed by atoms with Crippen LogP contribution in [0.2, 0.25) is 0 Å². The van der Waals surface area contributed by atoms with Gasteiger partial charge in [-0.3, -0.25) is 4.79 Å². The maximum absolute atomic E-state index is 11.9. The van der Waals surface area contributed by atoms with E-state index in [4.69, 9.17) is 5.73 Å². The summed E-state index contributed by atoms with van der Waals surface area (Å²) in [7, 11) is 0. The van der Waals surface area contributed by atoms with E-state index in [2.05, 4.69) is 10.5 Å². The number of nitrogens with one attached hydrogen (secondary N) is 1. The van der Waals surface area contributed by atoms with E-state index in [0.29, 0.717) is 5.69 Å². The van der Waals surface area contributed by atoms with Crippen molar-refractivity contribution < 1.29 is 9.90 Å². The number of hydrogen-bond donors (Lipinski definition) is 3. The van der Waals surface area contributed by atoms with E-state index < -0.39 is 5.91 Å². The number of amides is 1. The number of benzene rings is 1. The molecule has 0 atom stereocenters. The van der Waals surface area contributed by atoms with Gasteiger partial charge in [0, 0.05) is 17.5 Å². The maximum Gasteiger partial charge on any atom is 0.275 e. The third-order valence-corrected chi connectivity index (χ3v) is 2.74. The van der Waals surface area contributed by atoms with Crippen LogP contribution in [0.25, 0.3) is 0 Å². The summed E-state index contributed by atoms with van der Waals surface area (Å²) < 4.78 is 0. The molecule has 1 aromatic carbocycles. The van der Waals surface area contributed by atoms with Gasteiger partial charge in [0.2, 0.25) is 0 Å². The van der Waals surface area contributed by atoms with Crippen molar-refractivity contribution in [2.24, 2.45) is 16.9 Å². The lowest BCUT2D eigenvalue weighted by Crippen LogP contribution is -2.24. The standard InChI is InChI=1S/C14H21N3O2/c1-8(2)13(9(3)4)16-17-14(19)11-6-5-10(15)7-12(11)18/h5-9,18H,15H2,1-4H3,(H,17,19). The number of phenols is 1. The van der Waals surface area contributed by atoms with Crippen molar-refractivity contribution in [2.75, 3.05) is 5.73 Å². The number of rotatable bonds is 4. The molecule has 0 aliphatic rings. The Morgan fingerprint density at radius 1 is 1.26 bits per heavy atom. The van der Waals surface area contributed by atoms with Gasteiger partial charge in [0.1, 0.15) is 5.75 Å². The Morgan fingerprint density at radius 2 is 1.84 bits per heavy atom. The molecule has 19 heavy (non-hydrogen) atoms. The average Bonchev–Trinajstić information content (AvgIpc) is 2.27. The smallest absolute Gasteiger partial charge is 0.275 e. The summed E-state index contributed by atoms with van der Waals surface area (Å²) in [5.74, 6) is -0.0970. The zero-order chi connectivity index (χ0) is 14.6. The first-order chi connectivity index (χ1) is 8.82. The van der Waals surface area contributed by atoms with E-state index >= 15 is 0 Å². The largest absolute Gasteiger partial charge is 0.507 e. The molecule has 1 rings (SSSR count). The summed E-state index contributed by atoms with van der Waals surface area (Å²) in [5.41, 5.74) is 9.45. The molecule has 0 fully saturated rings. The minimum Gasteiger partial charge on any atom is -0.507 e. The van der Waals surface area contributed by atoms with E-state index in [1.54, 1.807) is 6.07 Å². The van der Waals surface area contributed by atoms with Gasteiger partial charge in [-0.05, 0) is 24.0 Å². The number of nitrogen functional groups attached to an aromatic ring is 1. The minimum absolute atomic E-state index is 0.150. The molecule has 0 spiro atoms.